The van der Waals surface area contributed by atoms with Crippen LogP contribution < -0.4 is 9.64 Å². The molecule has 0 saturated carbocycles. The number of halogens is 3. The quantitative estimate of drug-likeness (QED) is 0.752. The van der Waals surface area contributed by atoms with E-state index in [0.717, 1.165) is 11.3 Å². The minimum absolute atomic E-state index is 0.0283. The molecule has 3 aromatic heterocycles. The van der Waals surface area contributed by atoms with Crippen molar-refractivity contribution in [2.75, 3.05) is 18.6 Å². The highest BCUT2D eigenvalue weighted by atomic mass is 19.4. The number of anilines is 1. The van der Waals surface area contributed by atoms with Gasteiger partial charge in [0.05, 0.1) is 31.2 Å². The molecule has 11 heteroatoms. The number of fused-ring (bicyclic) bond motifs is 2. The number of nitrogens with zero attached hydrogens (tertiary/aromatic N) is 6. The number of imidazole rings is 1. The summed E-state index contributed by atoms with van der Waals surface area (Å²) < 4.78 is 44.6. The predicted octanol–water partition coefficient (Wildman–Crippen LogP) is 1.73. The zero-order valence-corrected chi connectivity index (χ0v) is 13.0. The van der Waals surface area contributed by atoms with Gasteiger partial charge < -0.3 is 14.6 Å². The summed E-state index contributed by atoms with van der Waals surface area (Å²) in [6.45, 7) is 0.734. The number of aromatic nitrogens is 6. The Bertz CT molecular complexity index is 926. The molecule has 0 spiro atoms. The number of methoxy groups -OCH3 is 1. The lowest BCUT2D eigenvalue weighted by atomic mass is 10.1. The molecular weight excluding hydrogens is 339 g/mol. The first-order chi connectivity index (χ1) is 12.0. The van der Waals surface area contributed by atoms with Gasteiger partial charge in [0.2, 0.25) is 11.7 Å². The van der Waals surface area contributed by atoms with Crippen molar-refractivity contribution in [2.24, 2.45) is 0 Å². The van der Waals surface area contributed by atoms with Crippen LogP contribution in [0.1, 0.15) is 17.1 Å². The number of aromatic amines is 1. The standard InChI is InChI=1S/C14H12F3N7O/c1-25-12-7-4-24(3-2-8(7)18-5-21-12)11-9-10(20-6-19-9)22-13(23-11)14(15,16)17/h5-6H,2-4H2,1H3,(H,19,20,22,23). The Labute approximate surface area is 139 Å². The molecule has 0 aliphatic carbocycles. The molecule has 0 aromatic carbocycles. The Morgan fingerprint density at radius 1 is 1.20 bits per heavy atom. The molecule has 1 N–H and O–H groups in total. The van der Waals surface area contributed by atoms with Crippen LogP contribution in [0.3, 0.4) is 0 Å². The van der Waals surface area contributed by atoms with E-state index in [1.807, 2.05) is 0 Å². The van der Waals surface area contributed by atoms with Crippen LogP contribution in [0.4, 0.5) is 19.0 Å². The molecular formula is C14H12F3N7O. The minimum atomic E-state index is -4.66. The molecule has 0 saturated heterocycles. The summed E-state index contributed by atoms with van der Waals surface area (Å²) in [5.74, 6) is -0.670. The van der Waals surface area contributed by atoms with E-state index in [9.17, 15) is 13.2 Å². The van der Waals surface area contributed by atoms with Crippen molar-refractivity contribution in [2.45, 2.75) is 19.1 Å². The Hall–Kier alpha value is -2.98. The van der Waals surface area contributed by atoms with E-state index in [0.29, 0.717) is 24.4 Å². The maximum Gasteiger partial charge on any atom is 0.451 e. The second-order valence-corrected chi connectivity index (χ2v) is 5.45. The van der Waals surface area contributed by atoms with Crippen LogP contribution in [0.25, 0.3) is 11.2 Å². The monoisotopic (exact) mass is 351 g/mol. The van der Waals surface area contributed by atoms with Gasteiger partial charge in [-0.3, -0.25) is 0 Å². The third-order valence-electron chi connectivity index (χ3n) is 3.98. The average Bonchev–Trinajstić information content (AvgIpc) is 3.07. The van der Waals surface area contributed by atoms with Gasteiger partial charge >= 0.3 is 6.18 Å². The molecule has 3 aromatic rings. The normalized spacial score (nSPS) is 14.6. The van der Waals surface area contributed by atoms with Gasteiger partial charge in [0.25, 0.3) is 0 Å². The summed E-state index contributed by atoms with van der Waals surface area (Å²) in [6, 6.07) is 0. The molecule has 0 radical (unpaired) electrons. The molecule has 130 valence electrons. The third kappa shape index (κ3) is 2.61. The third-order valence-corrected chi connectivity index (χ3v) is 3.98. The highest BCUT2D eigenvalue weighted by Gasteiger charge is 2.37. The fourth-order valence-electron chi connectivity index (χ4n) is 2.85. The SMILES string of the molecule is COc1ncnc2c1CN(c1nc(C(F)(F)F)nc3nc[nH]c13)CC2. The van der Waals surface area contributed by atoms with Gasteiger partial charge in [-0.05, 0) is 0 Å². The number of alkyl halides is 3. The van der Waals surface area contributed by atoms with Crippen molar-refractivity contribution in [1.29, 1.82) is 0 Å². The molecule has 4 heterocycles. The first-order valence-corrected chi connectivity index (χ1v) is 7.37. The summed E-state index contributed by atoms with van der Waals surface area (Å²) in [7, 11) is 1.49. The Morgan fingerprint density at radius 3 is 2.80 bits per heavy atom. The van der Waals surface area contributed by atoms with Gasteiger partial charge in [-0.25, -0.2) is 24.9 Å². The maximum absolute atomic E-state index is 13.1. The number of hydrogen-bond acceptors (Lipinski definition) is 7. The lowest BCUT2D eigenvalue weighted by molar-refractivity contribution is -0.144. The maximum atomic E-state index is 13.1. The zero-order chi connectivity index (χ0) is 17.6. The summed E-state index contributed by atoms with van der Waals surface area (Å²) in [5, 5.41) is 0. The molecule has 0 atom stereocenters. The van der Waals surface area contributed by atoms with E-state index < -0.39 is 12.0 Å². The lowest BCUT2D eigenvalue weighted by Crippen LogP contribution is -2.33. The van der Waals surface area contributed by atoms with Crippen molar-refractivity contribution >= 4 is 17.0 Å². The Balaban J connectivity index is 1.81. The molecule has 0 bridgehead atoms. The molecule has 0 unspecified atom stereocenters. The Kier molecular flexibility index (Phi) is 3.44. The minimum Gasteiger partial charge on any atom is -0.481 e. The fraction of sp³-hybridized carbons (Fsp3) is 0.357. The van der Waals surface area contributed by atoms with Gasteiger partial charge in [0, 0.05) is 13.0 Å². The van der Waals surface area contributed by atoms with E-state index in [4.69, 9.17) is 4.74 Å². The molecule has 4 rings (SSSR count). The molecule has 8 nitrogen and oxygen atoms in total. The van der Waals surface area contributed by atoms with E-state index in [1.165, 1.54) is 19.8 Å². The molecule has 0 amide bonds. The van der Waals surface area contributed by atoms with E-state index in [2.05, 4.69) is 29.9 Å². The molecule has 1 aliphatic heterocycles. The first-order valence-electron chi connectivity index (χ1n) is 7.37. The average molecular weight is 351 g/mol. The number of H-pyrrole nitrogens is 1. The van der Waals surface area contributed by atoms with E-state index >= 15 is 0 Å². The number of hydrogen-bond donors (Lipinski definition) is 1. The van der Waals surface area contributed by atoms with Crippen molar-refractivity contribution < 1.29 is 17.9 Å². The molecule has 1 aliphatic rings. The summed E-state index contributed by atoms with van der Waals surface area (Å²) in [4.78, 5) is 23.9. The fourth-order valence-corrected chi connectivity index (χ4v) is 2.85. The van der Waals surface area contributed by atoms with Crippen LogP contribution in [-0.4, -0.2) is 43.6 Å². The van der Waals surface area contributed by atoms with Crippen LogP contribution in [0.15, 0.2) is 12.7 Å². The van der Waals surface area contributed by atoms with Gasteiger partial charge in [-0.1, -0.05) is 0 Å². The summed E-state index contributed by atoms with van der Waals surface area (Å²) in [5.41, 5.74) is 1.87. The van der Waals surface area contributed by atoms with E-state index in [1.54, 1.807) is 4.90 Å². The molecule has 25 heavy (non-hydrogen) atoms. The largest absolute Gasteiger partial charge is 0.481 e. The highest BCUT2D eigenvalue weighted by molar-refractivity contribution is 5.83. The van der Waals surface area contributed by atoms with Crippen molar-refractivity contribution in [3.63, 3.8) is 0 Å². The van der Waals surface area contributed by atoms with Crippen LogP contribution >= 0.6 is 0 Å². The molecule has 0 fully saturated rings. The van der Waals surface area contributed by atoms with Crippen molar-refractivity contribution in [3.8, 4) is 5.88 Å². The lowest BCUT2D eigenvalue weighted by Gasteiger charge is -2.29. The predicted molar refractivity (Wildman–Crippen MR) is 80.0 cm³/mol. The second kappa shape index (κ2) is 5.53. The van der Waals surface area contributed by atoms with Crippen LogP contribution in [0.5, 0.6) is 5.88 Å². The summed E-state index contributed by atoms with van der Waals surface area (Å²) >= 11 is 0. The highest BCUT2D eigenvalue weighted by Crippen LogP contribution is 2.33. The van der Waals surface area contributed by atoms with Crippen LogP contribution in [0, 0.1) is 0 Å². The smallest absolute Gasteiger partial charge is 0.451 e. The van der Waals surface area contributed by atoms with Crippen molar-refractivity contribution in [1.82, 2.24) is 29.9 Å². The van der Waals surface area contributed by atoms with Gasteiger partial charge in [0.15, 0.2) is 11.5 Å². The second-order valence-electron chi connectivity index (χ2n) is 5.45. The Morgan fingerprint density at radius 2 is 2.04 bits per heavy atom. The number of ether oxygens (including phenoxy) is 1. The topological polar surface area (TPSA) is 92.7 Å². The van der Waals surface area contributed by atoms with Crippen molar-refractivity contribution in [3.05, 3.63) is 29.7 Å². The van der Waals surface area contributed by atoms with Gasteiger partial charge in [-0.2, -0.15) is 13.2 Å². The van der Waals surface area contributed by atoms with Gasteiger partial charge in [0.1, 0.15) is 11.8 Å². The van der Waals surface area contributed by atoms with E-state index in [-0.39, 0.29) is 18.0 Å². The summed E-state index contributed by atoms with van der Waals surface area (Å²) in [6.07, 6.45) is -1.41. The zero-order valence-electron chi connectivity index (χ0n) is 13.0. The number of rotatable bonds is 2. The van der Waals surface area contributed by atoms with Gasteiger partial charge in [-0.15, -0.1) is 0 Å². The van der Waals surface area contributed by atoms with Crippen LogP contribution in [0.2, 0.25) is 0 Å². The number of nitrogens with one attached hydrogen (secondary N) is 1. The first kappa shape index (κ1) is 15.5. The van der Waals surface area contributed by atoms with Crippen LogP contribution in [-0.2, 0) is 19.1 Å².